The minimum atomic E-state index is 0.199. The molecular weight excluding hydrogens is 170 g/mol. The molecule has 0 N–H and O–H groups in total. The minimum Gasteiger partial charge on any atom is -0.198 e. The zero-order valence-corrected chi connectivity index (χ0v) is 7.25. The van der Waals surface area contributed by atoms with Gasteiger partial charge in [-0.3, -0.25) is 0 Å². The van der Waals surface area contributed by atoms with Gasteiger partial charge in [-0.2, -0.15) is 5.26 Å². The predicted octanol–water partition coefficient (Wildman–Crippen LogP) is 2.97. The van der Waals surface area contributed by atoms with Crippen molar-refractivity contribution in [1.29, 1.82) is 5.26 Å². The number of hydrogen-bond donors (Lipinski definition) is 0. The van der Waals surface area contributed by atoms with Gasteiger partial charge in [0.1, 0.15) is 0 Å². The van der Waals surface area contributed by atoms with Gasteiger partial charge in [0, 0.05) is 10.9 Å². The van der Waals surface area contributed by atoms with E-state index in [2.05, 4.69) is 6.07 Å². The molecule has 0 bridgehead atoms. The maximum absolute atomic E-state index is 8.64. The maximum atomic E-state index is 8.64. The average molecular weight is 178 g/mol. The SMILES string of the molecule is N#C[C@@H]1C[C@@H]1c1ccccc1Cl. The van der Waals surface area contributed by atoms with Gasteiger partial charge in [-0.15, -0.1) is 0 Å². The highest BCUT2D eigenvalue weighted by molar-refractivity contribution is 6.31. The Hall–Kier alpha value is -1.00. The molecule has 0 amide bonds. The Labute approximate surface area is 76.6 Å². The number of nitrogens with zero attached hydrogens (tertiary/aromatic N) is 1. The van der Waals surface area contributed by atoms with Crippen LogP contribution in [-0.2, 0) is 0 Å². The molecule has 0 heterocycles. The first-order valence-corrected chi connectivity index (χ1v) is 4.35. The fourth-order valence-electron chi connectivity index (χ4n) is 1.46. The third kappa shape index (κ3) is 1.19. The lowest BCUT2D eigenvalue weighted by molar-refractivity contribution is 1.02. The van der Waals surface area contributed by atoms with Crippen LogP contribution in [0.25, 0.3) is 0 Å². The summed E-state index contributed by atoms with van der Waals surface area (Å²) in [5.74, 6) is 0.591. The van der Waals surface area contributed by atoms with Gasteiger partial charge in [0.25, 0.3) is 0 Å². The quantitative estimate of drug-likeness (QED) is 0.647. The summed E-state index contributed by atoms with van der Waals surface area (Å²) in [5.41, 5.74) is 1.13. The van der Waals surface area contributed by atoms with Crippen molar-refractivity contribution in [2.24, 2.45) is 5.92 Å². The van der Waals surface area contributed by atoms with Crippen LogP contribution in [0.3, 0.4) is 0 Å². The van der Waals surface area contributed by atoms with Gasteiger partial charge >= 0.3 is 0 Å². The van der Waals surface area contributed by atoms with E-state index in [1.54, 1.807) is 0 Å². The first-order chi connectivity index (χ1) is 5.83. The first-order valence-electron chi connectivity index (χ1n) is 3.97. The van der Waals surface area contributed by atoms with Gasteiger partial charge in [-0.1, -0.05) is 29.8 Å². The summed E-state index contributed by atoms with van der Waals surface area (Å²) in [7, 11) is 0. The Morgan fingerprint density at radius 3 is 2.75 bits per heavy atom. The molecule has 1 saturated carbocycles. The highest BCUT2D eigenvalue weighted by atomic mass is 35.5. The fraction of sp³-hybridized carbons (Fsp3) is 0.300. The number of benzene rings is 1. The zero-order valence-electron chi connectivity index (χ0n) is 6.50. The first kappa shape index (κ1) is 7.64. The van der Waals surface area contributed by atoms with Gasteiger partial charge < -0.3 is 0 Å². The van der Waals surface area contributed by atoms with Crippen LogP contribution < -0.4 is 0 Å². The Bertz CT molecular complexity index is 340. The van der Waals surface area contributed by atoms with Gasteiger partial charge in [-0.05, 0) is 18.1 Å². The summed E-state index contributed by atoms with van der Waals surface area (Å²) < 4.78 is 0. The monoisotopic (exact) mass is 177 g/mol. The van der Waals surface area contributed by atoms with Crippen molar-refractivity contribution in [3.05, 3.63) is 34.9 Å². The molecule has 0 saturated heterocycles. The summed E-state index contributed by atoms with van der Waals surface area (Å²) in [6.45, 7) is 0. The zero-order chi connectivity index (χ0) is 8.55. The molecule has 1 nitrogen and oxygen atoms in total. The molecule has 12 heavy (non-hydrogen) atoms. The van der Waals surface area contributed by atoms with Crippen molar-refractivity contribution < 1.29 is 0 Å². The second kappa shape index (κ2) is 2.80. The van der Waals surface area contributed by atoms with Gasteiger partial charge in [-0.25, -0.2) is 0 Å². The van der Waals surface area contributed by atoms with Crippen molar-refractivity contribution in [3.8, 4) is 6.07 Å². The molecule has 2 atom stereocenters. The predicted molar refractivity (Wildman–Crippen MR) is 47.9 cm³/mol. The van der Waals surface area contributed by atoms with E-state index < -0.39 is 0 Å². The van der Waals surface area contributed by atoms with E-state index in [9.17, 15) is 0 Å². The van der Waals surface area contributed by atoms with Crippen LogP contribution in [0, 0.1) is 17.2 Å². The molecule has 1 aromatic carbocycles. The summed E-state index contributed by atoms with van der Waals surface area (Å²) in [6.07, 6.45) is 0.972. The van der Waals surface area contributed by atoms with E-state index in [1.807, 2.05) is 24.3 Å². The molecule has 1 aromatic rings. The van der Waals surface area contributed by atoms with E-state index in [0.717, 1.165) is 17.0 Å². The van der Waals surface area contributed by atoms with E-state index in [0.29, 0.717) is 5.92 Å². The van der Waals surface area contributed by atoms with Crippen LogP contribution in [0.2, 0.25) is 5.02 Å². The molecule has 1 aliphatic rings. The Morgan fingerprint density at radius 2 is 2.17 bits per heavy atom. The Morgan fingerprint density at radius 1 is 1.42 bits per heavy atom. The van der Waals surface area contributed by atoms with Crippen LogP contribution in [0.4, 0.5) is 0 Å². The molecule has 0 unspecified atom stereocenters. The van der Waals surface area contributed by atoms with Crippen molar-refractivity contribution >= 4 is 11.6 Å². The van der Waals surface area contributed by atoms with Crippen LogP contribution in [0.15, 0.2) is 24.3 Å². The molecule has 0 aliphatic heterocycles. The summed E-state index contributed by atoms with van der Waals surface area (Å²) in [6, 6.07) is 10.0. The maximum Gasteiger partial charge on any atom is 0.0662 e. The molecule has 2 heteroatoms. The van der Waals surface area contributed by atoms with Crippen molar-refractivity contribution in [1.82, 2.24) is 0 Å². The summed E-state index contributed by atoms with van der Waals surface area (Å²) in [5, 5.41) is 9.43. The summed E-state index contributed by atoms with van der Waals surface area (Å²) >= 11 is 5.97. The van der Waals surface area contributed by atoms with E-state index in [4.69, 9.17) is 16.9 Å². The van der Waals surface area contributed by atoms with E-state index in [-0.39, 0.29) is 5.92 Å². The molecule has 1 fully saturated rings. The third-order valence-corrected chi connectivity index (χ3v) is 2.61. The normalized spacial score (nSPS) is 26.3. The molecule has 2 rings (SSSR count). The number of nitriles is 1. The smallest absolute Gasteiger partial charge is 0.0662 e. The standard InChI is InChI=1S/C10H8ClN/c11-10-4-2-1-3-8(10)9-5-7(9)6-12/h1-4,7,9H,5H2/t7-,9-/m0/s1. The minimum absolute atomic E-state index is 0.199. The lowest BCUT2D eigenvalue weighted by atomic mass is 10.1. The van der Waals surface area contributed by atoms with Crippen LogP contribution >= 0.6 is 11.6 Å². The molecule has 0 spiro atoms. The lowest BCUT2D eigenvalue weighted by Gasteiger charge is -1.99. The van der Waals surface area contributed by atoms with Gasteiger partial charge in [0.2, 0.25) is 0 Å². The molecule has 0 aromatic heterocycles. The number of hydrogen-bond acceptors (Lipinski definition) is 1. The van der Waals surface area contributed by atoms with Gasteiger partial charge in [0.15, 0.2) is 0 Å². The fourth-order valence-corrected chi connectivity index (χ4v) is 1.73. The Balaban J connectivity index is 2.26. The molecule has 1 aliphatic carbocycles. The van der Waals surface area contributed by atoms with Crippen molar-refractivity contribution in [2.45, 2.75) is 12.3 Å². The topological polar surface area (TPSA) is 23.8 Å². The van der Waals surface area contributed by atoms with E-state index in [1.165, 1.54) is 0 Å². The van der Waals surface area contributed by atoms with Crippen LogP contribution in [-0.4, -0.2) is 0 Å². The highest BCUT2D eigenvalue weighted by Crippen LogP contribution is 2.48. The average Bonchev–Trinajstić information content (AvgIpc) is 2.84. The second-order valence-electron chi connectivity index (χ2n) is 3.10. The van der Waals surface area contributed by atoms with Gasteiger partial charge in [0.05, 0.1) is 12.0 Å². The molecular formula is C10H8ClN. The second-order valence-corrected chi connectivity index (χ2v) is 3.51. The number of halogens is 1. The largest absolute Gasteiger partial charge is 0.198 e. The van der Waals surface area contributed by atoms with Crippen molar-refractivity contribution in [2.75, 3.05) is 0 Å². The number of rotatable bonds is 1. The molecule has 0 radical (unpaired) electrons. The van der Waals surface area contributed by atoms with Crippen molar-refractivity contribution in [3.63, 3.8) is 0 Å². The lowest BCUT2D eigenvalue weighted by Crippen LogP contribution is -1.82. The van der Waals surface area contributed by atoms with E-state index >= 15 is 0 Å². The van der Waals surface area contributed by atoms with Crippen LogP contribution in [0.1, 0.15) is 17.9 Å². The summed E-state index contributed by atoms with van der Waals surface area (Å²) in [4.78, 5) is 0. The highest BCUT2D eigenvalue weighted by Gasteiger charge is 2.39. The Kier molecular flexibility index (Phi) is 1.78. The van der Waals surface area contributed by atoms with Crippen LogP contribution in [0.5, 0.6) is 0 Å². The third-order valence-electron chi connectivity index (χ3n) is 2.26. The molecule has 60 valence electrons.